The Kier molecular flexibility index (Phi) is 6.20. The molecule has 2 saturated heterocycles. The third-order valence-electron chi connectivity index (χ3n) is 5.10. The third-order valence-corrected chi connectivity index (χ3v) is 5.10. The quantitative estimate of drug-likeness (QED) is 0.644. The molecule has 1 amide bonds. The molecule has 0 aromatic heterocycles. The molecule has 26 heavy (non-hydrogen) atoms. The average molecular weight is 359 g/mol. The smallest absolute Gasteiger partial charge is 0.238 e. The molecule has 2 fully saturated rings. The van der Waals surface area contributed by atoms with Gasteiger partial charge >= 0.3 is 0 Å². The molecule has 2 heterocycles. The van der Waals surface area contributed by atoms with Crippen LogP contribution >= 0.6 is 0 Å². The Balaban J connectivity index is 1.46. The first-order valence-corrected chi connectivity index (χ1v) is 9.26. The van der Waals surface area contributed by atoms with E-state index in [0.29, 0.717) is 11.5 Å². The number of nitrogens with zero attached hydrogens (tertiary/aromatic N) is 1. The molecule has 4 N–H and O–H groups in total. The molecule has 7 heteroatoms. The van der Waals surface area contributed by atoms with Gasteiger partial charge in [0.2, 0.25) is 5.91 Å². The van der Waals surface area contributed by atoms with Crippen molar-refractivity contribution in [2.45, 2.75) is 51.0 Å². The van der Waals surface area contributed by atoms with Crippen molar-refractivity contribution in [2.24, 2.45) is 5.92 Å². The number of hydrogen-bond donors (Lipinski definition) is 4. The third kappa shape index (κ3) is 5.01. The summed E-state index contributed by atoms with van der Waals surface area (Å²) in [4.78, 5) is 12.4. The van der Waals surface area contributed by atoms with E-state index in [1.165, 1.54) is 12.1 Å². The van der Waals surface area contributed by atoms with E-state index >= 15 is 0 Å². The summed E-state index contributed by atoms with van der Waals surface area (Å²) < 4.78 is 13.6. The van der Waals surface area contributed by atoms with Crippen LogP contribution in [0.25, 0.3) is 0 Å². The molecule has 1 aromatic rings. The van der Waals surface area contributed by atoms with Gasteiger partial charge in [0.1, 0.15) is 5.82 Å². The lowest BCUT2D eigenvalue weighted by Crippen LogP contribution is -2.60. The minimum atomic E-state index is -0.364. The van der Waals surface area contributed by atoms with Crippen LogP contribution in [0.2, 0.25) is 0 Å². The number of rotatable bonds is 4. The number of carbonyl (C=O) groups is 1. The summed E-state index contributed by atoms with van der Waals surface area (Å²) in [6.07, 6.45) is 3.43. The topological polar surface area (TPSA) is 89.0 Å². The Bertz CT molecular complexity index is 681. The molecule has 6 nitrogen and oxygen atoms in total. The zero-order valence-electron chi connectivity index (χ0n) is 15.0. The minimum absolute atomic E-state index is 0.0204. The predicted molar refractivity (Wildman–Crippen MR) is 96.5 cm³/mol. The van der Waals surface area contributed by atoms with Crippen LogP contribution in [0.5, 0.6) is 0 Å². The Morgan fingerprint density at radius 3 is 2.85 bits per heavy atom. The second-order valence-corrected chi connectivity index (χ2v) is 7.26. The van der Waals surface area contributed by atoms with Gasteiger partial charge in [0.05, 0.1) is 30.0 Å². The van der Waals surface area contributed by atoms with Gasteiger partial charge in [-0.25, -0.2) is 4.39 Å². The Labute approximate surface area is 153 Å². The van der Waals surface area contributed by atoms with Gasteiger partial charge in [0.15, 0.2) is 0 Å². The molecule has 0 radical (unpaired) electrons. The summed E-state index contributed by atoms with van der Waals surface area (Å²) in [6.45, 7) is 3.61. The maximum Gasteiger partial charge on any atom is 0.238 e. The van der Waals surface area contributed by atoms with Gasteiger partial charge in [-0.15, -0.1) is 0 Å². The van der Waals surface area contributed by atoms with Crippen LogP contribution in [-0.4, -0.2) is 37.4 Å². The van der Waals surface area contributed by atoms with Crippen molar-refractivity contribution in [3.8, 4) is 6.07 Å². The van der Waals surface area contributed by atoms with Gasteiger partial charge < -0.3 is 10.6 Å². The molecule has 140 valence electrons. The predicted octanol–water partition coefficient (Wildman–Crippen LogP) is 0.979. The van der Waals surface area contributed by atoms with Crippen molar-refractivity contribution in [3.05, 3.63) is 35.1 Å². The van der Waals surface area contributed by atoms with Crippen molar-refractivity contribution in [2.75, 3.05) is 13.1 Å². The monoisotopic (exact) mass is 359 g/mol. The first-order valence-electron chi connectivity index (χ1n) is 9.26. The fraction of sp³-hybridized carbons (Fsp3) is 0.579. The lowest BCUT2D eigenvalue weighted by Gasteiger charge is -2.33. The van der Waals surface area contributed by atoms with E-state index in [1.54, 1.807) is 6.07 Å². The van der Waals surface area contributed by atoms with E-state index in [4.69, 9.17) is 5.26 Å². The van der Waals surface area contributed by atoms with Gasteiger partial charge in [0, 0.05) is 6.54 Å². The van der Waals surface area contributed by atoms with E-state index in [1.807, 2.05) is 13.0 Å². The number of hydrogen-bond acceptors (Lipinski definition) is 5. The second-order valence-electron chi connectivity index (χ2n) is 7.26. The van der Waals surface area contributed by atoms with Gasteiger partial charge in [-0.1, -0.05) is 0 Å². The molecule has 0 spiro atoms. The van der Waals surface area contributed by atoms with E-state index < -0.39 is 0 Å². The molecule has 0 bridgehead atoms. The largest absolute Gasteiger partial charge is 0.339 e. The van der Waals surface area contributed by atoms with Gasteiger partial charge in [-0.05, 0) is 68.8 Å². The van der Waals surface area contributed by atoms with E-state index in [2.05, 4.69) is 21.3 Å². The van der Waals surface area contributed by atoms with Crippen molar-refractivity contribution < 1.29 is 9.18 Å². The molecule has 0 aliphatic carbocycles. The zero-order chi connectivity index (χ0) is 18.5. The van der Waals surface area contributed by atoms with E-state index in [9.17, 15) is 9.18 Å². The summed E-state index contributed by atoms with van der Waals surface area (Å²) in [5.41, 5.74) is 1.21. The SMILES string of the molecule is CC1NCCC(C(=O)NC2CCC(Cc3cc(F)cc(C#N)c3)CN2)N1. The van der Waals surface area contributed by atoms with Crippen LogP contribution in [0.3, 0.4) is 0 Å². The lowest BCUT2D eigenvalue weighted by atomic mass is 9.90. The zero-order valence-corrected chi connectivity index (χ0v) is 15.0. The highest BCUT2D eigenvalue weighted by Crippen LogP contribution is 2.20. The molecular formula is C19H26FN5O. The van der Waals surface area contributed by atoms with Crippen LogP contribution in [0, 0.1) is 23.1 Å². The summed E-state index contributed by atoms with van der Waals surface area (Å²) in [6, 6.07) is 6.35. The highest BCUT2D eigenvalue weighted by molar-refractivity contribution is 5.82. The van der Waals surface area contributed by atoms with Crippen LogP contribution in [-0.2, 0) is 11.2 Å². The molecule has 4 atom stereocenters. The van der Waals surface area contributed by atoms with Crippen molar-refractivity contribution in [1.29, 1.82) is 5.26 Å². The summed E-state index contributed by atoms with van der Waals surface area (Å²) >= 11 is 0. The minimum Gasteiger partial charge on any atom is -0.339 e. The molecule has 0 saturated carbocycles. The normalized spacial score (nSPS) is 29.0. The number of piperidine rings is 1. The Morgan fingerprint density at radius 2 is 2.15 bits per heavy atom. The molecular weight excluding hydrogens is 333 g/mol. The number of nitrogens with one attached hydrogen (secondary N) is 4. The van der Waals surface area contributed by atoms with Crippen molar-refractivity contribution in [1.82, 2.24) is 21.3 Å². The van der Waals surface area contributed by atoms with E-state index in [0.717, 1.165) is 44.3 Å². The number of benzene rings is 1. The molecule has 2 aliphatic heterocycles. The second kappa shape index (κ2) is 8.58. The molecule has 1 aromatic carbocycles. The van der Waals surface area contributed by atoms with Crippen molar-refractivity contribution in [3.63, 3.8) is 0 Å². The average Bonchev–Trinajstić information content (AvgIpc) is 2.63. The first-order chi connectivity index (χ1) is 12.5. The van der Waals surface area contributed by atoms with Crippen LogP contribution in [0.4, 0.5) is 4.39 Å². The molecule has 4 unspecified atom stereocenters. The fourth-order valence-electron chi connectivity index (χ4n) is 3.75. The number of halogens is 1. The fourth-order valence-corrected chi connectivity index (χ4v) is 3.75. The Hall–Kier alpha value is -2.01. The molecule has 3 rings (SSSR count). The standard InChI is InChI=1S/C19H26FN5O/c1-12-22-5-4-17(24-12)19(26)25-18-3-2-13(11-23-18)6-14-7-15(10-21)9-16(20)8-14/h7-9,12-13,17-18,22-24H,2-6,11H2,1H3,(H,25,26). The van der Waals surface area contributed by atoms with Crippen LogP contribution in [0.1, 0.15) is 37.3 Å². The summed E-state index contributed by atoms with van der Waals surface area (Å²) in [5.74, 6) is 0.0447. The van der Waals surface area contributed by atoms with Crippen LogP contribution < -0.4 is 21.3 Å². The first kappa shape index (κ1) is 18.8. The summed E-state index contributed by atoms with van der Waals surface area (Å²) in [7, 11) is 0. The number of amides is 1. The molecule has 2 aliphatic rings. The van der Waals surface area contributed by atoms with Crippen molar-refractivity contribution >= 4 is 5.91 Å². The highest BCUT2D eigenvalue weighted by Gasteiger charge is 2.27. The lowest BCUT2D eigenvalue weighted by molar-refractivity contribution is -0.125. The van der Waals surface area contributed by atoms with Gasteiger partial charge in [-0.2, -0.15) is 5.26 Å². The van der Waals surface area contributed by atoms with Crippen LogP contribution in [0.15, 0.2) is 18.2 Å². The Morgan fingerprint density at radius 1 is 1.31 bits per heavy atom. The maximum atomic E-state index is 13.6. The maximum absolute atomic E-state index is 13.6. The van der Waals surface area contributed by atoms with E-state index in [-0.39, 0.29) is 30.1 Å². The summed E-state index contributed by atoms with van der Waals surface area (Å²) in [5, 5.41) is 21.9. The van der Waals surface area contributed by atoms with Gasteiger partial charge in [-0.3, -0.25) is 15.4 Å². The van der Waals surface area contributed by atoms with Gasteiger partial charge in [0.25, 0.3) is 0 Å². The number of carbonyl (C=O) groups excluding carboxylic acids is 1. The highest BCUT2D eigenvalue weighted by atomic mass is 19.1. The number of nitriles is 1.